The van der Waals surface area contributed by atoms with E-state index in [1.807, 2.05) is 0 Å². The van der Waals surface area contributed by atoms with Gasteiger partial charge < -0.3 is 14.8 Å². The van der Waals surface area contributed by atoms with Gasteiger partial charge in [0.1, 0.15) is 24.1 Å². The average Bonchev–Trinajstić information content (AvgIpc) is 2.86. The lowest BCUT2D eigenvalue weighted by Crippen LogP contribution is -2.48. The van der Waals surface area contributed by atoms with Gasteiger partial charge in [0, 0.05) is 19.2 Å². The van der Waals surface area contributed by atoms with Gasteiger partial charge in [0.05, 0.1) is 30.5 Å². The summed E-state index contributed by atoms with van der Waals surface area (Å²) in [6.45, 7) is 2.82. The van der Waals surface area contributed by atoms with Crippen molar-refractivity contribution in [3.05, 3.63) is 48.5 Å². The maximum Gasteiger partial charge on any atom is 0.243 e. The van der Waals surface area contributed by atoms with Crippen LogP contribution in [0, 0.1) is 0 Å². The van der Waals surface area contributed by atoms with Crippen molar-refractivity contribution in [3.8, 4) is 11.5 Å². The Balaban J connectivity index is 1.55. The summed E-state index contributed by atoms with van der Waals surface area (Å²) in [4.78, 5) is 12.9. The number of amides is 1. The molecule has 0 aliphatic carbocycles. The Morgan fingerprint density at radius 2 is 1.69 bits per heavy atom. The van der Waals surface area contributed by atoms with Crippen molar-refractivity contribution < 1.29 is 31.1 Å². The molecular weight excluding hydrogens is 506 g/mol. The lowest BCUT2D eigenvalue weighted by Gasteiger charge is -2.28. The molecule has 2 aromatic carbocycles. The van der Waals surface area contributed by atoms with Gasteiger partial charge in [0.25, 0.3) is 0 Å². The fourth-order valence-electron chi connectivity index (χ4n) is 4.01. The molecule has 1 unspecified atom stereocenters. The molecule has 36 heavy (non-hydrogen) atoms. The number of anilines is 1. The maximum absolute atomic E-state index is 12.7. The average molecular weight is 540 g/mol. The molecule has 0 aromatic heterocycles. The Morgan fingerprint density at radius 3 is 2.31 bits per heavy atom. The quantitative estimate of drug-likeness (QED) is 0.435. The number of carbonyl (C=O) groups excluding carboxylic acids is 1. The molecule has 3 rings (SSSR count). The van der Waals surface area contributed by atoms with E-state index < -0.39 is 32.0 Å². The molecule has 1 aliphatic rings. The standard InChI is InChI=1S/C24H33N3O7S2/c1-19(27(35(3,29)30)20-8-7-9-22(18-20)33-2)24(28)25-14-17-34-21-10-12-23(13-11-21)36(31,32)26-15-5-4-6-16-26/h7-13,18-19H,4-6,14-17H2,1-3H3,(H,25,28). The molecular formula is C24H33N3O7S2. The molecule has 2 aromatic rings. The van der Waals surface area contributed by atoms with Crippen LogP contribution in [-0.4, -0.2) is 72.7 Å². The number of ether oxygens (including phenoxy) is 2. The molecule has 12 heteroatoms. The van der Waals surface area contributed by atoms with Crippen LogP contribution in [0.3, 0.4) is 0 Å². The van der Waals surface area contributed by atoms with Gasteiger partial charge in [-0.1, -0.05) is 12.5 Å². The summed E-state index contributed by atoms with van der Waals surface area (Å²) in [7, 11) is -5.79. The minimum absolute atomic E-state index is 0.120. The van der Waals surface area contributed by atoms with E-state index in [0.717, 1.165) is 29.8 Å². The number of benzene rings is 2. The van der Waals surface area contributed by atoms with Crippen molar-refractivity contribution in [2.75, 3.05) is 43.9 Å². The highest BCUT2D eigenvalue weighted by Crippen LogP contribution is 2.25. The number of nitrogens with one attached hydrogen (secondary N) is 1. The molecule has 0 saturated carbocycles. The summed E-state index contributed by atoms with van der Waals surface area (Å²) in [6.07, 6.45) is 3.81. The van der Waals surface area contributed by atoms with Crippen LogP contribution in [0.25, 0.3) is 0 Å². The van der Waals surface area contributed by atoms with E-state index in [2.05, 4.69) is 5.32 Å². The molecule has 1 amide bonds. The summed E-state index contributed by atoms with van der Waals surface area (Å²) in [6, 6.07) is 11.6. The first-order valence-electron chi connectivity index (χ1n) is 11.7. The number of rotatable bonds is 11. The second-order valence-electron chi connectivity index (χ2n) is 8.51. The lowest BCUT2D eigenvalue weighted by atomic mass is 10.2. The normalized spacial score (nSPS) is 15.6. The van der Waals surface area contributed by atoms with Crippen LogP contribution in [0.1, 0.15) is 26.2 Å². The van der Waals surface area contributed by atoms with Crippen LogP contribution in [0.5, 0.6) is 11.5 Å². The van der Waals surface area contributed by atoms with Crippen molar-refractivity contribution in [1.82, 2.24) is 9.62 Å². The first-order valence-corrected chi connectivity index (χ1v) is 15.0. The number of piperidine rings is 1. The molecule has 1 fully saturated rings. The first kappa shape index (κ1) is 27.8. The monoisotopic (exact) mass is 539 g/mol. The van der Waals surface area contributed by atoms with Crippen LogP contribution in [-0.2, 0) is 24.8 Å². The minimum atomic E-state index is -3.75. The molecule has 198 valence electrons. The van der Waals surface area contributed by atoms with Gasteiger partial charge in [-0.2, -0.15) is 4.31 Å². The number of sulfonamides is 2. The number of hydrogen-bond acceptors (Lipinski definition) is 7. The first-order chi connectivity index (χ1) is 17.0. The third-order valence-corrected chi connectivity index (χ3v) is 9.00. The topological polar surface area (TPSA) is 122 Å². The van der Waals surface area contributed by atoms with Crippen LogP contribution in [0.4, 0.5) is 5.69 Å². The predicted octanol–water partition coefficient (Wildman–Crippen LogP) is 2.22. The largest absolute Gasteiger partial charge is 0.497 e. The van der Waals surface area contributed by atoms with E-state index in [9.17, 15) is 21.6 Å². The van der Waals surface area contributed by atoms with Crippen molar-refractivity contribution in [2.24, 2.45) is 0 Å². The van der Waals surface area contributed by atoms with Crippen LogP contribution < -0.4 is 19.1 Å². The van der Waals surface area contributed by atoms with Crippen LogP contribution >= 0.6 is 0 Å². The fourth-order valence-corrected chi connectivity index (χ4v) is 6.69. The molecule has 0 radical (unpaired) electrons. The Bertz CT molecular complexity index is 1240. The molecule has 1 atom stereocenters. The highest BCUT2D eigenvalue weighted by Gasteiger charge is 2.29. The van der Waals surface area contributed by atoms with Gasteiger partial charge in [0.15, 0.2) is 0 Å². The van der Waals surface area contributed by atoms with Crippen LogP contribution in [0.15, 0.2) is 53.4 Å². The molecule has 1 aliphatic heterocycles. The molecule has 1 N–H and O–H groups in total. The molecule has 1 saturated heterocycles. The van der Waals surface area contributed by atoms with Crippen molar-refractivity contribution in [2.45, 2.75) is 37.1 Å². The number of carbonyl (C=O) groups is 1. The summed E-state index contributed by atoms with van der Waals surface area (Å²) in [5, 5.41) is 2.68. The molecule has 10 nitrogen and oxygen atoms in total. The minimum Gasteiger partial charge on any atom is -0.497 e. The van der Waals surface area contributed by atoms with Crippen molar-refractivity contribution in [3.63, 3.8) is 0 Å². The molecule has 1 heterocycles. The number of nitrogens with zero attached hydrogens (tertiary/aromatic N) is 2. The van der Waals surface area contributed by atoms with Crippen LogP contribution in [0.2, 0.25) is 0 Å². The third-order valence-electron chi connectivity index (χ3n) is 5.84. The van der Waals surface area contributed by atoms with E-state index in [4.69, 9.17) is 9.47 Å². The summed E-state index contributed by atoms with van der Waals surface area (Å²) in [5.74, 6) is 0.441. The highest BCUT2D eigenvalue weighted by molar-refractivity contribution is 7.92. The highest BCUT2D eigenvalue weighted by atomic mass is 32.2. The zero-order chi connectivity index (χ0) is 26.3. The van der Waals surface area contributed by atoms with Gasteiger partial charge in [-0.3, -0.25) is 9.10 Å². The van der Waals surface area contributed by atoms with E-state index in [1.54, 1.807) is 36.4 Å². The zero-order valence-corrected chi connectivity index (χ0v) is 22.3. The second-order valence-corrected chi connectivity index (χ2v) is 12.3. The zero-order valence-electron chi connectivity index (χ0n) is 20.7. The van der Waals surface area contributed by atoms with Crippen molar-refractivity contribution in [1.29, 1.82) is 0 Å². The van der Waals surface area contributed by atoms with Gasteiger partial charge in [0.2, 0.25) is 26.0 Å². The van der Waals surface area contributed by atoms with Gasteiger partial charge in [-0.15, -0.1) is 0 Å². The fraction of sp³-hybridized carbons (Fsp3) is 0.458. The van der Waals surface area contributed by atoms with E-state index in [1.165, 1.54) is 30.5 Å². The van der Waals surface area contributed by atoms with Gasteiger partial charge >= 0.3 is 0 Å². The van der Waals surface area contributed by atoms with E-state index in [0.29, 0.717) is 30.3 Å². The maximum atomic E-state index is 12.7. The van der Waals surface area contributed by atoms with Crippen molar-refractivity contribution >= 4 is 31.6 Å². The predicted molar refractivity (Wildman–Crippen MR) is 137 cm³/mol. The van der Waals surface area contributed by atoms with E-state index >= 15 is 0 Å². The second kappa shape index (κ2) is 11.9. The summed E-state index contributed by atoms with van der Waals surface area (Å²) < 4.78 is 63.7. The van der Waals surface area contributed by atoms with Gasteiger partial charge in [-0.25, -0.2) is 16.8 Å². The summed E-state index contributed by atoms with van der Waals surface area (Å²) >= 11 is 0. The SMILES string of the molecule is COc1cccc(N(C(C)C(=O)NCCOc2ccc(S(=O)(=O)N3CCCCC3)cc2)S(C)(=O)=O)c1. The third kappa shape index (κ3) is 6.89. The number of methoxy groups -OCH3 is 1. The number of hydrogen-bond donors (Lipinski definition) is 1. The Kier molecular flexibility index (Phi) is 9.20. The Hall–Kier alpha value is -2.83. The Morgan fingerprint density at radius 1 is 1.03 bits per heavy atom. The molecule has 0 spiro atoms. The lowest BCUT2D eigenvalue weighted by molar-refractivity contribution is -0.121. The van der Waals surface area contributed by atoms with Gasteiger partial charge in [-0.05, 0) is 56.2 Å². The smallest absolute Gasteiger partial charge is 0.243 e. The molecule has 0 bridgehead atoms. The van der Waals surface area contributed by atoms with E-state index in [-0.39, 0.29) is 18.0 Å². The summed E-state index contributed by atoms with van der Waals surface area (Å²) in [5.41, 5.74) is 0.315. The Labute approximate surface area is 213 Å².